The Morgan fingerprint density at radius 2 is 1.68 bits per heavy atom. The van der Waals surface area contributed by atoms with Gasteiger partial charge in [0.25, 0.3) is 17.7 Å². The SMILES string of the molecule is O=C(NNC(=O)c1csc(C2CCN(C(=O)c3ccccc3C(F)(F)F)CC2)n1)c1ccc2nonc2c1. The zero-order valence-electron chi connectivity index (χ0n) is 19.5. The molecule has 0 bridgehead atoms. The van der Waals surface area contributed by atoms with Gasteiger partial charge in [-0.15, -0.1) is 11.3 Å². The smallest absolute Gasteiger partial charge is 0.339 e. The van der Waals surface area contributed by atoms with Crippen molar-refractivity contribution in [3.8, 4) is 0 Å². The number of fused-ring (bicyclic) bond motifs is 1. The molecule has 3 heterocycles. The lowest BCUT2D eigenvalue weighted by Gasteiger charge is -2.31. The summed E-state index contributed by atoms with van der Waals surface area (Å²) < 4.78 is 44.5. The minimum Gasteiger partial charge on any atom is -0.339 e. The highest BCUT2D eigenvalue weighted by molar-refractivity contribution is 7.09. The molecule has 0 spiro atoms. The van der Waals surface area contributed by atoms with Crippen molar-refractivity contribution in [3.63, 3.8) is 0 Å². The first-order valence-corrected chi connectivity index (χ1v) is 12.3. The topological polar surface area (TPSA) is 130 Å². The molecule has 0 aliphatic carbocycles. The summed E-state index contributed by atoms with van der Waals surface area (Å²) in [4.78, 5) is 43.4. The van der Waals surface area contributed by atoms with Crippen molar-refractivity contribution in [1.82, 2.24) is 31.0 Å². The van der Waals surface area contributed by atoms with Gasteiger partial charge in [-0.25, -0.2) is 9.61 Å². The highest BCUT2D eigenvalue weighted by Gasteiger charge is 2.36. The Balaban J connectivity index is 1.16. The third kappa shape index (κ3) is 5.20. The summed E-state index contributed by atoms with van der Waals surface area (Å²) >= 11 is 1.27. The van der Waals surface area contributed by atoms with Gasteiger partial charge in [-0.3, -0.25) is 25.2 Å². The maximum Gasteiger partial charge on any atom is 0.417 e. The van der Waals surface area contributed by atoms with Crippen LogP contribution in [-0.4, -0.2) is 51.0 Å². The zero-order chi connectivity index (χ0) is 26.9. The summed E-state index contributed by atoms with van der Waals surface area (Å²) in [5, 5.41) is 9.55. The first-order valence-electron chi connectivity index (χ1n) is 11.4. The number of hydrazine groups is 1. The van der Waals surface area contributed by atoms with E-state index < -0.39 is 29.5 Å². The summed E-state index contributed by atoms with van der Waals surface area (Å²) in [5.74, 6) is -1.89. The molecule has 0 saturated carbocycles. The second-order valence-electron chi connectivity index (χ2n) is 8.56. The van der Waals surface area contributed by atoms with Crippen LogP contribution in [0.4, 0.5) is 13.2 Å². The van der Waals surface area contributed by atoms with E-state index in [0.29, 0.717) is 28.9 Å². The monoisotopic (exact) mass is 544 g/mol. The number of carbonyl (C=O) groups excluding carboxylic acids is 3. The van der Waals surface area contributed by atoms with Crippen molar-refractivity contribution in [2.45, 2.75) is 24.9 Å². The first-order chi connectivity index (χ1) is 18.2. The predicted molar refractivity (Wildman–Crippen MR) is 128 cm³/mol. The first kappa shape index (κ1) is 25.3. The van der Waals surface area contributed by atoms with E-state index in [4.69, 9.17) is 0 Å². The summed E-state index contributed by atoms with van der Waals surface area (Å²) in [7, 11) is 0. The molecular weight excluding hydrogens is 525 g/mol. The molecule has 2 aromatic heterocycles. The van der Waals surface area contributed by atoms with Crippen LogP contribution < -0.4 is 10.9 Å². The van der Waals surface area contributed by atoms with E-state index >= 15 is 0 Å². The lowest BCUT2D eigenvalue weighted by molar-refractivity contribution is -0.138. The Labute approximate surface area is 216 Å². The number of nitrogens with zero attached hydrogens (tertiary/aromatic N) is 4. The molecule has 2 N–H and O–H groups in total. The average molecular weight is 545 g/mol. The van der Waals surface area contributed by atoms with Crippen LogP contribution in [0.2, 0.25) is 0 Å². The van der Waals surface area contributed by atoms with E-state index in [1.807, 2.05) is 0 Å². The van der Waals surface area contributed by atoms with Crippen molar-refractivity contribution in [2.24, 2.45) is 0 Å². The Bertz CT molecular complexity index is 1510. The fourth-order valence-corrected chi connectivity index (χ4v) is 5.14. The molecule has 38 heavy (non-hydrogen) atoms. The molecule has 0 radical (unpaired) electrons. The van der Waals surface area contributed by atoms with Gasteiger partial charge in [0.1, 0.15) is 16.7 Å². The van der Waals surface area contributed by atoms with Crippen molar-refractivity contribution < 1.29 is 32.2 Å². The minimum absolute atomic E-state index is 0.0548. The normalized spacial score (nSPS) is 14.4. The summed E-state index contributed by atoms with van der Waals surface area (Å²) in [6, 6.07) is 9.28. The van der Waals surface area contributed by atoms with E-state index in [2.05, 4.69) is 30.8 Å². The number of hydrogen-bond donors (Lipinski definition) is 2. The number of benzene rings is 2. The van der Waals surface area contributed by atoms with E-state index in [1.54, 1.807) is 11.4 Å². The van der Waals surface area contributed by atoms with Gasteiger partial charge in [-0.1, -0.05) is 12.1 Å². The molecular formula is C24H19F3N6O4S. The number of nitrogens with one attached hydrogen (secondary N) is 2. The molecule has 4 aromatic rings. The van der Waals surface area contributed by atoms with Crippen LogP contribution in [0, 0.1) is 0 Å². The number of likely N-dealkylation sites (tertiary alicyclic amines) is 1. The lowest BCUT2D eigenvalue weighted by Crippen LogP contribution is -2.41. The van der Waals surface area contributed by atoms with Gasteiger partial charge in [-0.2, -0.15) is 13.2 Å². The molecule has 2 aromatic carbocycles. The molecule has 3 amide bonds. The number of amides is 3. The minimum atomic E-state index is -4.62. The molecule has 1 fully saturated rings. The molecule has 14 heteroatoms. The van der Waals surface area contributed by atoms with Crippen LogP contribution in [0.25, 0.3) is 11.0 Å². The van der Waals surface area contributed by atoms with Crippen molar-refractivity contribution in [1.29, 1.82) is 0 Å². The Morgan fingerprint density at radius 3 is 2.45 bits per heavy atom. The summed E-state index contributed by atoms with van der Waals surface area (Å²) in [6.07, 6.45) is -3.64. The number of rotatable bonds is 4. The standard InChI is InChI=1S/C24H19F3N6O4S/c25-24(26,27)16-4-2-1-3-15(16)23(36)33-9-7-13(8-10-33)22-28-19(12-38-22)21(35)30-29-20(34)14-5-6-17-18(11-14)32-37-31-17/h1-6,11-13H,7-10H2,(H,29,34)(H,30,35). The fourth-order valence-electron chi connectivity index (χ4n) is 4.17. The molecule has 0 unspecified atom stereocenters. The molecule has 5 rings (SSSR count). The maximum absolute atomic E-state index is 13.3. The second-order valence-corrected chi connectivity index (χ2v) is 9.45. The third-order valence-electron chi connectivity index (χ3n) is 6.15. The molecule has 1 aliphatic rings. The van der Waals surface area contributed by atoms with Gasteiger partial charge in [0.2, 0.25) is 0 Å². The molecule has 10 nitrogen and oxygen atoms in total. The van der Waals surface area contributed by atoms with Crippen LogP contribution in [0.3, 0.4) is 0 Å². The summed E-state index contributed by atoms with van der Waals surface area (Å²) in [6.45, 7) is 0.524. The molecule has 0 atom stereocenters. The van der Waals surface area contributed by atoms with Crippen LogP contribution >= 0.6 is 11.3 Å². The van der Waals surface area contributed by atoms with Crippen LogP contribution in [0.15, 0.2) is 52.5 Å². The number of halogens is 3. The zero-order valence-corrected chi connectivity index (χ0v) is 20.3. The highest BCUT2D eigenvalue weighted by Crippen LogP contribution is 2.34. The Kier molecular flexibility index (Phi) is 6.80. The largest absolute Gasteiger partial charge is 0.417 e. The van der Waals surface area contributed by atoms with Gasteiger partial charge >= 0.3 is 6.18 Å². The Hall–Kier alpha value is -4.33. The molecule has 1 saturated heterocycles. The second kappa shape index (κ2) is 10.2. The molecule has 196 valence electrons. The van der Waals surface area contributed by atoms with Crippen LogP contribution in [0.1, 0.15) is 60.5 Å². The Morgan fingerprint density at radius 1 is 0.974 bits per heavy atom. The van der Waals surface area contributed by atoms with Crippen LogP contribution in [0.5, 0.6) is 0 Å². The number of thiazole rings is 1. The number of hydrogen-bond acceptors (Lipinski definition) is 8. The summed E-state index contributed by atoms with van der Waals surface area (Å²) in [5.41, 5.74) is 4.54. The van der Waals surface area contributed by atoms with Crippen molar-refractivity contribution in [3.05, 3.63) is 75.2 Å². The highest BCUT2D eigenvalue weighted by atomic mass is 32.1. The van der Waals surface area contributed by atoms with E-state index in [9.17, 15) is 27.6 Å². The number of piperidine rings is 1. The number of carbonyl (C=O) groups is 3. The number of alkyl halides is 3. The van der Waals surface area contributed by atoms with Gasteiger partial charge in [0.05, 0.1) is 16.1 Å². The lowest BCUT2D eigenvalue weighted by atomic mass is 9.96. The van der Waals surface area contributed by atoms with Crippen molar-refractivity contribution >= 4 is 40.1 Å². The molecule has 1 aliphatic heterocycles. The van der Waals surface area contributed by atoms with Crippen LogP contribution in [-0.2, 0) is 6.18 Å². The van der Waals surface area contributed by atoms with Gasteiger partial charge in [-0.05, 0) is 53.5 Å². The quantitative estimate of drug-likeness (QED) is 0.374. The van der Waals surface area contributed by atoms with Gasteiger partial charge in [0, 0.05) is 30.0 Å². The predicted octanol–water partition coefficient (Wildman–Crippen LogP) is 3.79. The van der Waals surface area contributed by atoms with E-state index in [0.717, 1.165) is 6.07 Å². The average Bonchev–Trinajstić information content (AvgIpc) is 3.60. The third-order valence-corrected chi connectivity index (χ3v) is 7.16. The van der Waals surface area contributed by atoms with E-state index in [1.165, 1.54) is 46.6 Å². The fraction of sp³-hybridized carbons (Fsp3) is 0.250. The maximum atomic E-state index is 13.3. The van der Waals surface area contributed by atoms with Gasteiger partial charge < -0.3 is 4.90 Å². The van der Waals surface area contributed by atoms with Gasteiger partial charge in [0.15, 0.2) is 0 Å². The van der Waals surface area contributed by atoms with Crippen molar-refractivity contribution in [2.75, 3.05) is 13.1 Å². The number of aromatic nitrogens is 3. The van der Waals surface area contributed by atoms with E-state index in [-0.39, 0.29) is 35.8 Å².